The summed E-state index contributed by atoms with van der Waals surface area (Å²) in [7, 11) is 0. The minimum absolute atomic E-state index is 0.265. The van der Waals surface area contributed by atoms with Crippen LogP contribution in [0.1, 0.15) is 10.4 Å². The van der Waals surface area contributed by atoms with Crippen LogP contribution in [0, 0.1) is 0 Å². The maximum Gasteiger partial charge on any atom is 0.345 e. The number of hydrogen-bond donors (Lipinski definition) is 2. The van der Waals surface area contributed by atoms with Crippen molar-refractivity contribution in [1.29, 1.82) is 0 Å². The van der Waals surface area contributed by atoms with E-state index in [0.29, 0.717) is 5.69 Å². The van der Waals surface area contributed by atoms with Crippen LogP contribution in [0.2, 0.25) is 0 Å². The summed E-state index contributed by atoms with van der Waals surface area (Å²) in [5.74, 6) is -1.48. The molecule has 0 unspecified atom stereocenters. The molecule has 1 aromatic rings. The van der Waals surface area contributed by atoms with E-state index in [1.165, 1.54) is 12.1 Å². The average Bonchev–Trinajstić information content (AvgIpc) is 2.18. The molecule has 0 aliphatic heterocycles. The molecular weight excluding hydrogens is 184 g/mol. The Morgan fingerprint density at radius 1 is 1.21 bits per heavy atom. The molecule has 0 spiro atoms. The van der Waals surface area contributed by atoms with Crippen LogP contribution >= 0.6 is 0 Å². The van der Waals surface area contributed by atoms with Gasteiger partial charge in [0.2, 0.25) is 0 Å². The molecule has 0 saturated carbocycles. The number of esters is 2. The maximum atomic E-state index is 11.2. The van der Waals surface area contributed by atoms with Crippen LogP contribution in [-0.4, -0.2) is 18.5 Å². The van der Waals surface area contributed by atoms with Gasteiger partial charge in [-0.2, -0.15) is 0 Å². The molecule has 0 atom stereocenters. The van der Waals surface area contributed by atoms with Crippen molar-refractivity contribution in [2.45, 2.75) is 0 Å². The van der Waals surface area contributed by atoms with Crippen LogP contribution < -0.4 is 11.5 Å². The second-order valence-corrected chi connectivity index (χ2v) is 2.59. The second kappa shape index (κ2) is 4.38. The van der Waals surface area contributed by atoms with Crippen molar-refractivity contribution in [2.24, 2.45) is 5.73 Å². The molecule has 0 aliphatic carbocycles. The van der Waals surface area contributed by atoms with Gasteiger partial charge in [0.15, 0.2) is 0 Å². The molecule has 5 heteroatoms. The number of benzene rings is 1. The van der Waals surface area contributed by atoms with Crippen molar-refractivity contribution < 1.29 is 14.3 Å². The number of ether oxygens (including phenoxy) is 1. The third-order valence-corrected chi connectivity index (χ3v) is 1.52. The highest BCUT2D eigenvalue weighted by atomic mass is 16.6. The predicted octanol–water partition coefficient (Wildman–Crippen LogP) is -0.0891. The number of nitrogens with two attached hydrogens (primary N) is 2. The zero-order valence-corrected chi connectivity index (χ0v) is 7.40. The Bertz CT molecular complexity index is 346. The zero-order valence-electron chi connectivity index (χ0n) is 7.40. The first-order valence-corrected chi connectivity index (χ1v) is 3.94. The Morgan fingerprint density at radius 3 is 2.29 bits per heavy atom. The van der Waals surface area contributed by atoms with Gasteiger partial charge in [0.05, 0.1) is 12.1 Å². The van der Waals surface area contributed by atoms with Gasteiger partial charge in [-0.3, -0.25) is 4.79 Å². The van der Waals surface area contributed by atoms with Gasteiger partial charge in [-0.25, -0.2) is 4.79 Å². The topological polar surface area (TPSA) is 95.4 Å². The van der Waals surface area contributed by atoms with Crippen molar-refractivity contribution in [3.05, 3.63) is 29.8 Å². The molecule has 14 heavy (non-hydrogen) atoms. The lowest BCUT2D eigenvalue weighted by atomic mass is 10.2. The lowest BCUT2D eigenvalue weighted by Gasteiger charge is -2.01. The Hall–Kier alpha value is -1.88. The number of nitrogen functional groups attached to an aromatic ring is 1. The van der Waals surface area contributed by atoms with E-state index in [0.717, 1.165) is 0 Å². The van der Waals surface area contributed by atoms with Gasteiger partial charge in [0.1, 0.15) is 0 Å². The molecule has 1 rings (SSSR count). The van der Waals surface area contributed by atoms with Crippen LogP contribution in [0.15, 0.2) is 24.3 Å². The molecule has 0 heterocycles. The average molecular weight is 194 g/mol. The summed E-state index contributed by atoms with van der Waals surface area (Å²) in [5, 5.41) is 0. The highest BCUT2D eigenvalue weighted by Gasteiger charge is 2.10. The van der Waals surface area contributed by atoms with Crippen LogP contribution in [0.4, 0.5) is 5.69 Å². The number of carbonyl (C=O) groups excluding carboxylic acids is 2. The fourth-order valence-corrected chi connectivity index (χ4v) is 0.823. The smallest absolute Gasteiger partial charge is 0.345 e. The quantitative estimate of drug-likeness (QED) is 0.389. The Kier molecular flexibility index (Phi) is 3.19. The standard InChI is InChI=1S/C9H10N2O3/c10-5-8(12)14-9(13)6-1-3-7(11)4-2-6/h1-4H,5,10-11H2. The molecule has 0 aliphatic rings. The minimum Gasteiger partial charge on any atom is -0.399 e. The van der Waals surface area contributed by atoms with E-state index in [2.05, 4.69) is 4.74 Å². The molecule has 0 aromatic heterocycles. The van der Waals surface area contributed by atoms with Crippen LogP contribution in [0.5, 0.6) is 0 Å². The first-order chi connectivity index (χ1) is 6.63. The maximum absolute atomic E-state index is 11.2. The van der Waals surface area contributed by atoms with Crippen molar-refractivity contribution in [3.8, 4) is 0 Å². The molecule has 4 N–H and O–H groups in total. The van der Waals surface area contributed by atoms with E-state index in [-0.39, 0.29) is 12.1 Å². The van der Waals surface area contributed by atoms with E-state index in [1.807, 2.05) is 0 Å². The summed E-state index contributed by atoms with van der Waals surface area (Å²) in [6, 6.07) is 6.04. The van der Waals surface area contributed by atoms with Crippen LogP contribution in [-0.2, 0) is 9.53 Å². The first kappa shape index (κ1) is 10.2. The SMILES string of the molecule is NCC(=O)OC(=O)c1ccc(N)cc1. The molecule has 0 fully saturated rings. The number of carbonyl (C=O) groups is 2. The fraction of sp³-hybridized carbons (Fsp3) is 0.111. The second-order valence-electron chi connectivity index (χ2n) is 2.59. The van der Waals surface area contributed by atoms with Gasteiger partial charge in [-0.1, -0.05) is 0 Å². The van der Waals surface area contributed by atoms with E-state index < -0.39 is 11.9 Å². The van der Waals surface area contributed by atoms with E-state index in [4.69, 9.17) is 11.5 Å². The molecule has 5 nitrogen and oxygen atoms in total. The van der Waals surface area contributed by atoms with E-state index >= 15 is 0 Å². The number of rotatable bonds is 2. The van der Waals surface area contributed by atoms with Crippen LogP contribution in [0.25, 0.3) is 0 Å². The lowest BCUT2D eigenvalue weighted by Crippen LogP contribution is -2.20. The summed E-state index contributed by atoms with van der Waals surface area (Å²) in [4.78, 5) is 21.9. The van der Waals surface area contributed by atoms with E-state index in [1.54, 1.807) is 12.1 Å². The molecule has 74 valence electrons. The van der Waals surface area contributed by atoms with E-state index in [9.17, 15) is 9.59 Å². The first-order valence-electron chi connectivity index (χ1n) is 3.94. The van der Waals surface area contributed by atoms with Gasteiger partial charge in [-0.15, -0.1) is 0 Å². The third-order valence-electron chi connectivity index (χ3n) is 1.52. The molecule has 0 radical (unpaired) electrons. The van der Waals surface area contributed by atoms with Crippen molar-refractivity contribution in [1.82, 2.24) is 0 Å². The molecule has 0 saturated heterocycles. The van der Waals surface area contributed by atoms with Gasteiger partial charge >= 0.3 is 11.9 Å². The summed E-state index contributed by atoms with van der Waals surface area (Å²) < 4.78 is 4.38. The van der Waals surface area contributed by atoms with Gasteiger partial charge < -0.3 is 16.2 Å². The van der Waals surface area contributed by atoms with Crippen molar-refractivity contribution in [2.75, 3.05) is 12.3 Å². The Labute approximate surface area is 80.6 Å². The highest BCUT2D eigenvalue weighted by molar-refractivity contribution is 5.97. The van der Waals surface area contributed by atoms with Gasteiger partial charge in [-0.05, 0) is 24.3 Å². The minimum atomic E-state index is -0.758. The molecule has 0 amide bonds. The lowest BCUT2D eigenvalue weighted by molar-refractivity contribution is -0.136. The van der Waals surface area contributed by atoms with Gasteiger partial charge in [0.25, 0.3) is 0 Å². The molecule has 0 bridgehead atoms. The number of anilines is 1. The fourth-order valence-electron chi connectivity index (χ4n) is 0.823. The Morgan fingerprint density at radius 2 is 1.79 bits per heavy atom. The van der Waals surface area contributed by atoms with Crippen molar-refractivity contribution in [3.63, 3.8) is 0 Å². The predicted molar refractivity (Wildman–Crippen MR) is 50.3 cm³/mol. The Balaban J connectivity index is 2.70. The highest BCUT2D eigenvalue weighted by Crippen LogP contribution is 2.06. The monoisotopic (exact) mass is 194 g/mol. The molecule has 1 aromatic carbocycles. The summed E-state index contributed by atoms with van der Waals surface area (Å²) >= 11 is 0. The van der Waals surface area contributed by atoms with Crippen molar-refractivity contribution >= 4 is 17.6 Å². The van der Waals surface area contributed by atoms with Crippen LogP contribution in [0.3, 0.4) is 0 Å². The summed E-state index contributed by atoms with van der Waals surface area (Å²) in [5.41, 5.74) is 11.2. The molecular formula is C9H10N2O3. The summed E-state index contributed by atoms with van der Waals surface area (Å²) in [6.07, 6.45) is 0. The summed E-state index contributed by atoms with van der Waals surface area (Å²) in [6.45, 7) is -0.319. The third kappa shape index (κ3) is 2.56. The normalized spacial score (nSPS) is 9.50. The van der Waals surface area contributed by atoms with Gasteiger partial charge in [0, 0.05) is 5.69 Å². The zero-order chi connectivity index (χ0) is 10.6. The largest absolute Gasteiger partial charge is 0.399 e. The number of hydrogen-bond acceptors (Lipinski definition) is 5.